The minimum Gasteiger partial charge on any atom is -0.478 e. The van der Waals surface area contributed by atoms with Gasteiger partial charge < -0.3 is 10.8 Å². The summed E-state index contributed by atoms with van der Waals surface area (Å²) in [6.07, 6.45) is 0. The van der Waals surface area contributed by atoms with E-state index in [0.717, 1.165) is 0 Å². The molecule has 0 aliphatic rings. The van der Waals surface area contributed by atoms with E-state index in [1.165, 1.54) is 12.1 Å². The number of carboxylic acid groups (broad SMARTS) is 1. The Balaban J connectivity index is 0.00000144. The van der Waals surface area contributed by atoms with Gasteiger partial charge in [0.15, 0.2) is 0 Å². The predicted molar refractivity (Wildman–Crippen MR) is 47.8 cm³/mol. The van der Waals surface area contributed by atoms with E-state index in [2.05, 4.69) is 0 Å². The molecule has 0 unspecified atom stereocenters. The van der Waals surface area contributed by atoms with Gasteiger partial charge in [-0.05, 0) is 12.1 Å². The summed E-state index contributed by atoms with van der Waals surface area (Å²) in [6.45, 7) is 0. The predicted octanol–water partition coefficient (Wildman–Crippen LogP) is 2.27. The van der Waals surface area contributed by atoms with Gasteiger partial charge in [-0.3, -0.25) is 0 Å². The van der Waals surface area contributed by atoms with E-state index in [1.54, 1.807) is 0 Å². The number of benzene rings is 1. The average molecular weight is 314 g/mol. The van der Waals surface area contributed by atoms with E-state index in [1.807, 2.05) is 0 Å². The molecule has 0 bridgehead atoms. The van der Waals surface area contributed by atoms with Crippen LogP contribution < -0.4 is 5.73 Å². The Labute approximate surface area is 100 Å². The smallest absolute Gasteiger partial charge is 0.337 e. The van der Waals surface area contributed by atoms with Crippen molar-refractivity contribution in [3.05, 3.63) is 27.7 Å². The Hall–Kier alpha value is -0.190. The van der Waals surface area contributed by atoms with Gasteiger partial charge in [0.05, 0.1) is 16.3 Å². The SMILES string of the molecule is Nc1cc(Cl)cc(C(=O)O)c1Cl.[Ag]. The van der Waals surface area contributed by atoms with Crippen molar-refractivity contribution in [3.8, 4) is 0 Å². The molecule has 3 nitrogen and oxygen atoms in total. The number of halogens is 2. The number of rotatable bonds is 1. The van der Waals surface area contributed by atoms with Crippen LogP contribution in [0.3, 0.4) is 0 Å². The molecular formula is C7H5AgCl2NO2. The summed E-state index contributed by atoms with van der Waals surface area (Å²) < 4.78 is 0. The van der Waals surface area contributed by atoms with Gasteiger partial charge in [0, 0.05) is 27.4 Å². The van der Waals surface area contributed by atoms with Crippen LogP contribution in [0.4, 0.5) is 5.69 Å². The van der Waals surface area contributed by atoms with E-state index >= 15 is 0 Å². The van der Waals surface area contributed by atoms with Crippen LogP contribution in [-0.4, -0.2) is 11.1 Å². The van der Waals surface area contributed by atoms with Crippen LogP contribution in [0.2, 0.25) is 10.0 Å². The molecule has 1 aromatic rings. The summed E-state index contributed by atoms with van der Waals surface area (Å²) in [6, 6.07) is 2.65. The van der Waals surface area contributed by atoms with E-state index < -0.39 is 5.97 Å². The molecule has 0 amide bonds. The normalized spacial score (nSPS) is 9.08. The third kappa shape index (κ3) is 2.90. The molecule has 0 aliphatic heterocycles. The Bertz CT molecular complexity index is 344. The van der Waals surface area contributed by atoms with Gasteiger partial charge in [-0.1, -0.05) is 23.2 Å². The molecule has 0 aromatic heterocycles. The van der Waals surface area contributed by atoms with E-state index in [0.29, 0.717) is 0 Å². The Morgan fingerprint density at radius 2 is 1.92 bits per heavy atom. The monoisotopic (exact) mass is 312 g/mol. The maximum atomic E-state index is 10.5. The summed E-state index contributed by atoms with van der Waals surface area (Å²) in [4.78, 5) is 10.5. The van der Waals surface area contributed by atoms with Gasteiger partial charge >= 0.3 is 5.97 Å². The number of carboxylic acids is 1. The summed E-state index contributed by atoms with van der Waals surface area (Å²) in [5, 5.41) is 8.89. The van der Waals surface area contributed by atoms with Gasteiger partial charge in [0.1, 0.15) is 0 Å². The molecule has 1 radical (unpaired) electrons. The average Bonchev–Trinajstić information content (AvgIpc) is 1.96. The second kappa shape index (κ2) is 4.88. The first kappa shape index (κ1) is 12.8. The maximum Gasteiger partial charge on any atom is 0.337 e. The fourth-order valence-corrected chi connectivity index (χ4v) is 1.18. The molecular weight excluding hydrogens is 309 g/mol. The van der Waals surface area contributed by atoms with Crippen molar-refractivity contribution in [2.45, 2.75) is 0 Å². The molecule has 0 spiro atoms. The largest absolute Gasteiger partial charge is 0.478 e. The number of aromatic carboxylic acids is 1. The molecule has 0 fully saturated rings. The number of nitrogens with two attached hydrogens (primary N) is 1. The molecule has 6 heteroatoms. The van der Waals surface area contributed by atoms with Crippen molar-refractivity contribution < 1.29 is 32.3 Å². The van der Waals surface area contributed by atoms with Crippen LogP contribution >= 0.6 is 23.2 Å². The topological polar surface area (TPSA) is 63.3 Å². The zero-order valence-electron chi connectivity index (χ0n) is 6.14. The number of carbonyl (C=O) groups is 1. The van der Waals surface area contributed by atoms with Crippen LogP contribution in [0.15, 0.2) is 12.1 Å². The van der Waals surface area contributed by atoms with Crippen LogP contribution in [0.5, 0.6) is 0 Å². The number of hydrogen-bond donors (Lipinski definition) is 2. The summed E-state index contributed by atoms with van der Waals surface area (Å²) in [5.74, 6) is -1.14. The van der Waals surface area contributed by atoms with Crippen molar-refractivity contribution in [2.75, 3.05) is 5.73 Å². The van der Waals surface area contributed by atoms with E-state index in [-0.39, 0.29) is 43.7 Å². The molecule has 0 saturated carbocycles. The molecule has 0 aliphatic carbocycles. The van der Waals surface area contributed by atoms with Crippen LogP contribution in [0.1, 0.15) is 10.4 Å². The first-order valence-electron chi connectivity index (χ1n) is 3.00. The first-order valence-corrected chi connectivity index (χ1v) is 3.76. The van der Waals surface area contributed by atoms with Crippen molar-refractivity contribution >= 4 is 34.9 Å². The Morgan fingerprint density at radius 3 is 2.38 bits per heavy atom. The summed E-state index contributed by atoms with van der Waals surface area (Å²) in [5.41, 5.74) is 5.47. The molecule has 1 rings (SSSR count). The van der Waals surface area contributed by atoms with Crippen LogP contribution in [-0.2, 0) is 22.4 Å². The Morgan fingerprint density at radius 1 is 1.38 bits per heavy atom. The first-order chi connectivity index (χ1) is 5.52. The molecule has 13 heavy (non-hydrogen) atoms. The summed E-state index contributed by atoms with van der Waals surface area (Å²) in [7, 11) is 0. The van der Waals surface area contributed by atoms with Gasteiger partial charge in [-0.15, -0.1) is 0 Å². The van der Waals surface area contributed by atoms with Crippen molar-refractivity contribution in [2.24, 2.45) is 0 Å². The molecule has 1 aromatic carbocycles. The number of nitrogen functional groups attached to an aromatic ring is 1. The van der Waals surface area contributed by atoms with Gasteiger partial charge in [-0.25, -0.2) is 4.79 Å². The minimum atomic E-state index is -1.14. The van der Waals surface area contributed by atoms with E-state index in [4.69, 9.17) is 34.0 Å². The quantitative estimate of drug-likeness (QED) is 0.617. The van der Waals surface area contributed by atoms with E-state index in [9.17, 15) is 4.79 Å². The summed E-state index contributed by atoms with van der Waals surface area (Å²) >= 11 is 11.2. The van der Waals surface area contributed by atoms with Gasteiger partial charge in [0.25, 0.3) is 0 Å². The van der Waals surface area contributed by atoms with Crippen molar-refractivity contribution in [1.82, 2.24) is 0 Å². The third-order valence-corrected chi connectivity index (χ3v) is 1.94. The van der Waals surface area contributed by atoms with Crippen LogP contribution in [0.25, 0.3) is 0 Å². The minimum absolute atomic E-state index is 0. The van der Waals surface area contributed by atoms with Crippen molar-refractivity contribution in [3.63, 3.8) is 0 Å². The zero-order chi connectivity index (χ0) is 9.30. The molecule has 75 valence electrons. The zero-order valence-corrected chi connectivity index (χ0v) is 9.14. The standard InChI is InChI=1S/C7H5Cl2NO2.Ag/c8-3-1-4(7(11)12)6(9)5(10)2-3;/h1-2H,10H2,(H,11,12);. The molecule has 0 atom stereocenters. The fraction of sp³-hybridized carbons (Fsp3) is 0. The second-order valence-corrected chi connectivity index (χ2v) is 2.98. The fourth-order valence-electron chi connectivity index (χ4n) is 0.766. The van der Waals surface area contributed by atoms with Crippen molar-refractivity contribution in [1.29, 1.82) is 0 Å². The van der Waals surface area contributed by atoms with Gasteiger partial charge in [-0.2, -0.15) is 0 Å². The van der Waals surface area contributed by atoms with Gasteiger partial charge in [0.2, 0.25) is 0 Å². The third-order valence-electron chi connectivity index (χ3n) is 1.30. The van der Waals surface area contributed by atoms with Crippen LogP contribution in [0, 0.1) is 0 Å². The number of hydrogen-bond acceptors (Lipinski definition) is 2. The molecule has 0 heterocycles. The Kier molecular flexibility index (Phi) is 4.81. The number of anilines is 1. The molecule has 3 N–H and O–H groups in total. The molecule has 0 saturated heterocycles. The second-order valence-electron chi connectivity index (χ2n) is 2.16. The maximum absolute atomic E-state index is 10.5.